The van der Waals surface area contributed by atoms with Crippen LogP contribution >= 0.6 is 0 Å². The minimum Gasteiger partial charge on any atom is -0.460 e. The Morgan fingerprint density at radius 3 is 2.69 bits per heavy atom. The van der Waals surface area contributed by atoms with E-state index in [4.69, 9.17) is 20.7 Å². The average molecular weight is 443 g/mol. The number of anilines is 1. The molecule has 1 aliphatic heterocycles. The molecule has 1 aliphatic rings. The molecule has 0 aliphatic carbocycles. The Labute approximate surface area is 185 Å². The quantitative estimate of drug-likeness (QED) is 0.185. The number of carbonyl (C=O) groups is 1. The molecule has 0 saturated carbocycles. The van der Waals surface area contributed by atoms with Gasteiger partial charge in [-0.2, -0.15) is 0 Å². The Bertz CT molecular complexity index is 987. The van der Waals surface area contributed by atoms with E-state index in [0.717, 1.165) is 12.3 Å². The summed E-state index contributed by atoms with van der Waals surface area (Å²) in [5.74, 6) is -0.988. The van der Waals surface area contributed by atoms with Gasteiger partial charge in [-0.1, -0.05) is 23.4 Å². The number of esters is 1. The van der Waals surface area contributed by atoms with Crippen molar-refractivity contribution >= 4 is 23.5 Å². The number of likely N-dealkylation sites (N-methyl/N-ethyl adjacent to an activating group) is 1. The molecule has 32 heavy (non-hydrogen) atoms. The second-order valence-corrected chi connectivity index (χ2v) is 7.56. The van der Waals surface area contributed by atoms with Crippen LogP contribution in [0.3, 0.4) is 0 Å². The van der Waals surface area contributed by atoms with Gasteiger partial charge in [-0.25, -0.2) is 14.4 Å². The van der Waals surface area contributed by atoms with Crippen molar-refractivity contribution in [1.82, 2.24) is 14.9 Å². The number of rotatable bonds is 10. The monoisotopic (exact) mass is 443 g/mol. The Kier molecular flexibility index (Phi) is 7.66. The number of benzene rings is 1. The zero-order valence-electron chi connectivity index (χ0n) is 18.0. The number of halogens is 1. The molecule has 1 saturated heterocycles. The van der Waals surface area contributed by atoms with Gasteiger partial charge in [0, 0.05) is 35.6 Å². The molecule has 0 amide bonds. The molecule has 0 atom stereocenters. The Hall–Kier alpha value is -3.60. The predicted molar refractivity (Wildman–Crippen MR) is 118 cm³/mol. The first kappa shape index (κ1) is 23.1. The maximum atomic E-state index is 14.9. The highest BCUT2D eigenvalue weighted by atomic mass is 19.1. The third-order valence-corrected chi connectivity index (χ3v) is 4.60. The van der Waals surface area contributed by atoms with Crippen molar-refractivity contribution in [2.75, 3.05) is 45.2 Å². The van der Waals surface area contributed by atoms with E-state index < -0.39 is 11.8 Å². The van der Waals surface area contributed by atoms with E-state index in [2.05, 4.69) is 15.1 Å². The largest absolute Gasteiger partial charge is 0.460 e. The summed E-state index contributed by atoms with van der Waals surface area (Å²) in [4.78, 5) is 29.4. The topological polar surface area (TPSA) is 130 Å². The lowest BCUT2D eigenvalue weighted by Crippen LogP contribution is -2.48. The summed E-state index contributed by atoms with van der Waals surface area (Å²) >= 11 is 0. The van der Waals surface area contributed by atoms with Crippen LogP contribution in [-0.4, -0.2) is 72.7 Å². The van der Waals surface area contributed by atoms with E-state index in [1.807, 2.05) is 23.9 Å². The molecule has 0 radical (unpaired) electrons. The molecule has 1 aromatic carbocycles. The Morgan fingerprint density at radius 1 is 1.31 bits per heavy atom. The number of nitrogens with zero attached hydrogens (tertiary/aromatic N) is 5. The number of oxime groups is 1. The van der Waals surface area contributed by atoms with Crippen LogP contribution in [0.4, 0.5) is 10.3 Å². The fraction of sp³-hybridized carbons (Fsp3) is 0.381. The maximum absolute atomic E-state index is 14.9. The van der Waals surface area contributed by atoms with Gasteiger partial charge in [-0.05, 0) is 14.1 Å². The lowest BCUT2D eigenvalue weighted by atomic mass is 10.1. The van der Waals surface area contributed by atoms with Crippen LogP contribution in [0.25, 0.3) is 11.1 Å². The number of amidine groups is 1. The fourth-order valence-corrected chi connectivity index (χ4v) is 2.86. The van der Waals surface area contributed by atoms with E-state index in [1.54, 1.807) is 24.5 Å². The molecule has 3 rings (SSSR count). The molecule has 3 N–H and O–H groups in total. The van der Waals surface area contributed by atoms with Crippen molar-refractivity contribution in [2.45, 2.75) is 13.0 Å². The molecule has 2 aromatic rings. The van der Waals surface area contributed by atoms with Crippen molar-refractivity contribution in [3.05, 3.63) is 42.0 Å². The minimum atomic E-state index is -0.685. The lowest BCUT2D eigenvalue weighted by molar-refractivity contribution is -0.143. The molecule has 1 aromatic heterocycles. The van der Waals surface area contributed by atoms with Gasteiger partial charge >= 0.3 is 5.97 Å². The molecule has 11 heteroatoms. The molecule has 170 valence electrons. The lowest BCUT2D eigenvalue weighted by Gasteiger charge is -2.31. The van der Waals surface area contributed by atoms with Crippen molar-refractivity contribution < 1.29 is 18.8 Å². The summed E-state index contributed by atoms with van der Waals surface area (Å²) in [5, 5.41) is 11.2. The molecule has 0 spiro atoms. The number of aromatic nitrogens is 2. The van der Waals surface area contributed by atoms with Gasteiger partial charge < -0.3 is 25.1 Å². The van der Waals surface area contributed by atoms with Crippen LogP contribution in [0.2, 0.25) is 0 Å². The molecule has 1 fully saturated rings. The van der Waals surface area contributed by atoms with Crippen LogP contribution in [0.15, 0.2) is 35.7 Å². The SMILES string of the molecule is CN(C)CCON=C1CN(c2ncc(-c3cccc(COC(=O)CC(=N)N)c3F)cn2)C1. The first-order chi connectivity index (χ1) is 15.3. The third kappa shape index (κ3) is 6.20. The summed E-state index contributed by atoms with van der Waals surface area (Å²) < 4.78 is 19.9. The van der Waals surface area contributed by atoms with E-state index >= 15 is 0 Å². The normalized spacial score (nSPS) is 13.0. The summed E-state index contributed by atoms with van der Waals surface area (Å²) in [6, 6.07) is 4.79. The van der Waals surface area contributed by atoms with Gasteiger partial charge in [-0.3, -0.25) is 10.2 Å². The number of hydrogen-bond acceptors (Lipinski definition) is 9. The Morgan fingerprint density at radius 2 is 2.03 bits per heavy atom. The van der Waals surface area contributed by atoms with Gasteiger partial charge in [0.1, 0.15) is 31.3 Å². The van der Waals surface area contributed by atoms with Gasteiger partial charge in [0.15, 0.2) is 0 Å². The van der Waals surface area contributed by atoms with Gasteiger partial charge in [0.2, 0.25) is 5.95 Å². The first-order valence-electron chi connectivity index (χ1n) is 9.99. The van der Waals surface area contributed by atoms with E-state index in [1.165, 1.54) is 6.07 Å². The van der Waals surface area contributed by atoms with E-state index in [9.17, 15) is 9.18 Å². The number of nitrogens with one attached hydrogen (secondary N) is 1. The molecule has 0 unspecified atom stereocenters. The number of ether oxygens (including phenoxy) is 1. The minimum absolute atomic E-state index is 0.210. The third-order valence-electron chi connectivity index (χ3n) is 4.60. The number of nitrogens with two attached hydrogens (primary N) is 1. The van der Waals surface area contributed by atoms with Crippen LogP contribution in [-0.2, 0) is 21.0 Å². The highest BCUT2D eigenvalue weighted by Crippen LogP contribution is 2.26. The summed E-state index contributed by atoms with van der Waals surface area (Å²) in [7, 11) is 3.94. The second kappa shape index (κ2) is 10.6. The maximum Gasteiger partial charge on any atom is 0.313 e. The summed E-state index contributed by atoms with van der Waals surface area (Å²) in [5.41, 5.74) is 7.09. The second-order valence-electron chi connectivity index (χ2n) is 7.56. The molecular weight excluding hydrogens is 417 g/mol. The predicted octanol–water partition coefficient (Wildman–Crippen LogP) is 1.41. The van der Waals surface area contributed by atoms with Crippen LogP contribution in [0.5, 0.6) is 0 Å². The summed E-state index contributed by atoms with van der Waals surface area (Å²) in [6.07, 6.45) is 2.77. The van der Waals surface area contributed by atoms with Crippen molar-refractivity contribution in [2.24, 2.45) is 10.9 Å². The average Bonchev–Trinajstić information content (AvgIpc) is 2.71. The smallest absolute Gasteiger partial charge is 0.313 e. The number of hydrogen-bond donors (Lipinski definition) is 2. The van der Waals surface area contributed by atoms with Crippen LogP contribution in [0.1, 0.15) is 12.0 Å². The highest BCUT2D eigenvalue weighted by molar-refractivity contribution is 5.98. The van der Waals surface area contributed by atoms with E-state index in [0.29, 0.717) is 36.8 Å². The first-order valence-corrected chi connectivity index (χ1v) is 9.99. The van der Waals surface area contributed by atoms with E-state index in [-0.39, 0.29) is 24.4 Å². The zero-order valence-corrected chi connectivity index (χ0v) is 18.0. The van der Waals surface area contributed by atoms with Crippen LogP contribution in [0, 0.1) is 11.2 Å². The highest BCUT2D eigenvalue weighted by Gasteiger charge is 2.25. The fourth-order valence-electron chi connectivity index (χ4n) is 2.86. The van der Waals surface area contributed by atoms with Crippen molar-refractivity contribution in [1.29, 1.82) is 5.41 Å². The molecule has 0 bridgehead atoms. The van der Waals surface area contributed by atoms with Crippen LogP contribution < -0.4 is 10.6 Å². The van der Waals surface area contributed by atoms with Gasteiger partial charge in [0.05, 0.1) is 18.8 Å². The Balaban J connectivity index is 1.58. The molecule has 2 heterocycles. The van der Waals surface area contributed by atoms with Gasteiger partial charge in [0.25, 0.3) is 0 Å². The standard InChI is InChI=1S/C21H26FN7O3/c1-28(2)6-7-32-27-16-11-29(12-16)21-25-9-15(10-26-21)17-5-3-4-14(20(17)22)13-31-19(30)8-18(23)24/h3-5,9-10H,6-8,11-13H2,1-2H3,(H3,23,24). The zero-order chi connectivity index (χ0) is 23.1. The van der Waals surface area contributed by atoms with Crippen molar-refractivity contribution in [3.8, 4) is 11.1 Å². The molecular formula is C21H26FN7O3. The molecule has 10 nitrogen and oxygen atoms in total. The van der Waals surface area contributed by atoms with Gasteiger partial charge in [-0.15, -0.1) is 0 Å². The summed E-state index contributed by atoms with van der Waals surface area (Å²) in [6.45, 7) is 2.23. The number of carbonyl (C=O) groups excluding carboxylic acids is 1. The van der Waals surface area contributed by atoms with Crippen molar-refractivity contribution in [3.63, 3.8) is 0 Å².